The molecule has 3 aromatic heterocycles. The van der Waals surface area contributed by atoms with Crippen LogP contribution in [0.25, 0.3) is 0 Å². The molecule has 6 bridgehead atoms. The first kappa shape index (κ1) is 38.0. The van der Waals surface area contributed by atoms with E-state index in [0.29, 0.717) is 66.4 Å². The molecule has 2 fully saturated rings. The van der Waals surface area contributed by atoms with Gasteiger partial charge in [-0.05, 0) is 67.5 Å². The number of amides is 3. The van der Waals surface area contributed by atoms with Crippen LogP contribution in [0, 0.1) is 0 Å². The average Bonchev–Trinajstić information content (AvgIpc) is 3.65. The van der Waals surface area contributed by atoms with Gasteiger partial charge in [0, 0.05) is 48.7 Å². The molecule has 7 rings (SSSR count). The van der Waals surface area contributed by atoms with Crippen molar-refractivity contribution < 1.29 is 50.0 Å². The SMILES string of the molecule is O=C(C(=O)C(F)(F)F)C(F)(F)F.O=C(Nc1ccc2cc1CCc1cncc(c1)Nc1ncc(Cl)c(n1)N2)N[C@H]1CCN(C(=O)c2cc(C3CC3)on2)C1. The number of rotatable bonds is 5. The number of carbonyl (C=O) groups is 4. The number of anilines is 5. The molecule has 1 saturated carbocycles. The van der Waals surface area contributed by atoms with Crippen LogP contribution in [0.2, 0.25) is 5.02 Å². The molecule has 3 aliphatic rings. The van der Waals surface area contributed by atoms with Gasteiger partial charge in [0.2, 0.25) is 5.95 Å². The number of ketones is 2. The lowest BCUT2D eigenvalue weighted by Crippen LogP contribution is -2.40. The standard InChI is InChI=1S/C29H28ClN9O3.C4F6O2/c30-22-14-32-28-34-21-9-16(12-31-13-21)1-2-18-10-19(33-26(22)37-28)5-6-23(18)36-29(41)35-20-7-8-39(15-20)27(40)24-11-25(42-38-24)17-3-4-17;5-3(6,7)1(11)2(12)4(8,9)10/h5-6,9-14,17,20H,1-4,7-8,15H2,(H2,35,36,41)(H2,32,33,34,37);/t20-;/m0./s1. The molecular weight excluding hydrogens is 752 g/mol. The van der Waals surface area contributed by atoms with Crippen LogP contribution in [-0.4, -0.2) is 80.0 Å². The van der Waals surface area contributed by atoms with Gasteiger partial charge < -0.3 is 30.7 Å². The van der Waals surface area contributed by atoms with Gasteiger partial charge in [0.15, 0.2) is 11.5 Å². The highest BCUT2D eigenvalue weighted by Gasteiger charge is 2.54. The molecule has 4 N–H and O–H groups in total. The predicted octanol–water partition coefficient (Wildman–Crippen LogP) is 6.26. The maximum atomic E-state index is 13.1. The number of nitrogens with zero attached hydrogens (tertiary/aromatic N) is 5. The molecule has 1 aliphatic carbocycles. The number of hydrogen-bond donors (Lipinski definition) is 4. The minimum atomic E-state index is -5.77. The van der Waals surface area contributed by atoms with Crippen molar-refractivity contribution in [1.82, 2.24) is 30.3 Å². The second kappa shape index (κ2) is 15.3. The van der Waals surface area contributed by atoms with Crippen LogP contribution in [0.1, 0.15) is 52.6 Å². The summed E-state index contributed by atoms with van der Waals surface area (Å²) in [5, 5.41) is 16.8. The van der Waals surface area contributed by atoms with E-state index in [1.165, 1.54) is 6.20 Å². The quantitative estimate of drug-likeness (QED) is 0.132. The zero-order valence-electron chi connectivity index (χ0n) is 27.6. The number of fused-ring (bicyclic) bond motifs is 6. The summed E-state index contributed by atoms with van der Waals surface area (Å²) in [5.41, 5.74) is 4.50. The van der Waals surface area contributed by atoms with Gasteiger partial charge in [-0.3, -0.25) is 19.4 Å². The second-order valence-electron chi connectivity index (χ2n) is 12.5. The first-order valence-corrected chi connectivity index (χ1v) is 16.6. The Morgan fingerprint density at radius 2 is 1.63 bits per heavy atom. The topological polar surface area (TPSA) is 184 Å². The van der Waals surface area contributed by atoms with Crippen LogP contribution in [0.15, 0.2) is 53.4 Å². The number of alkyl halides is 6. The lowest BCUT2D eigenvalue weighted by atomic mass is 10.0. The second-order valence-corrected chi connectivity index (χ2v) is 12.9. The summed E-state index contributed by atoms with van der Waals surface area (Å²) in [6, 6.07) is 8.92. The summed E-state index contributed by atoms with van der Waals surface area (Å²) in [4.78, 5) is 60.1. The highest BCUT2D eigenvalue weighted by Crippen LogP contribution is 2.40. The number of hydrogen-bond acceptors (Lipinski definition) is 11. The van der Waals surface area contributed by atoms with E-state index in [1.807, 2.05) is 30.5 Å². The molecule has 0 spiro atoms. The first-order valence-electron chi connectivity index (χ1n) is 16.2. The maximum absolute atomic E-state index is 13.1. The Labute approximate surface area is 306 Å². The minimum Gasteiger partial charge on any atom is -0.360 e. The van der Waals surface area contributed by atoms with Gasteiger partial charge in [-0.15, -0.1) is 0 Å². The van der Waals surface area contributed by atoms with Crippen molar-refractivity contribution in [2.24, 2.45) is 0 Å². The molecule has 5 heterocycles. The summed E-state index contributed by atoms with van der Waals surface area (Å²) < 4.78 is 72.3. The monoisotopic (exact) mass is 779 g/mol. The Bertz CT molecular complexity index is 2070. The zero-order chi connectivity index (χ0) is 38.8. The van der Waals surface area contributed by atoms with Crippen molar-refractivity contribution in [2.45, 2.75) is 56.4 Å². The Balaban J connectivity index is 0.000000359. The fourth-order valence-corrected chi connectivity index (χ4v) is 5.67. The van der Waals surface area contributed by atoms with Gasteiger partial charge in [-0.2, -0.15) is 31.3 Å². The smallest absolute Gasteiger partial charge is 0.360 e. The number of carbonyl (C=O) groups excluding carboxylic acids is 4. The summed E-state index contributed by atoms with van der Waals surface area (Å²) >= 11 is 6.37. The van der Waals surface area contributed by atoms with E-state index in [0.717, 1.165) is 41.1 Å². The molecule has 21 heteroatoms. The molecule has 2 aliphatic heterocycles. The lowest BCUT2D eigenvalue weighted by molar-refractivity contribution is -0.193. The van der Waals surface area contributed by atoms with Crippen molar-refractivity contribution >= 4 is 63.9 Å². The van der Waals surface area contributed by atoms with Crippen LogP contribution >= 0.6 is 11.6 Å². The van der Waals surface area contributed by atoms with Crippen LogP contribution in [0.5, 0.6) is 0 Å². The predicted molar refractivity (Wildman–Crippen MR) is 179 cm³/mol. The number of aromatic nitrogens is 4. The summed E-state index contributed by atoms with van der Waals surface area (Å²) in [5.74, 6) is -4.96. The number of urea groups is 1. The minimum absolute atomic E-state index is 0.172. The third-order valence-corrected chi connectivity index (χ3v) is 8.63. The van der Waals surface area contributed by atoms with Gasteiger partial charge in [0.1, 0.15) is 10.8 Å². The number of benzene rings is 1. The highest BCUT2D eigenvalue weighted by atomic mass is 35.5. The fraction of sp³-hybridized carbons (Fsp3) is 0.333. The average molecular weight is 780 g/mol. The van der Waals surface area contributed by atoms with Crippen molar-refractivity contribution in [3.63, 3.8) is 0 Å². The van der Waals surface area contributed by atoms with Gasteiger partial charge in [-0.25, -0.2) is 9.78 Å². The largest absolute Gasteiger partial charge is 0.458 e. The van der Waals surface area contributed by atoms with Crippen molar-refractivity contribution in [3.05, 3.63) is 76.5 Å². The summed E-state index contributed by atoms with van der Waals surface area (Å²) in [6.45, 7) is 0.947. The normalized spacial score (nSPS) is 16.6. The zero-order valence-corrected chi connectivity index (χ0v) is 28.4. The number of likely N-dealkylation sites (tertiary alicyclic amines) is 1. The molecule has 3 amide bonds. The Morgan fingerprint density at radius 1 is 0.889 bits per heavy atom. The highest BCUT2D eigenvalue weighted by molar-refractivity contribution is 6.41. The van der Waals surface area contributed by atoms with E-state index in [2.05, 4.69) is 41.4 Å². The number of Topliss-reactive ketones (excluding diaryl/α,β-unsaturated/α-hetero) is 2. The van der Waals surface area contributed by atoms with Gasteiger partial charge in [0.25, 0.3) is 5.91 Å². The molecule has 1 aromatic carbocycles. The molecular formula is C33H28ClF6N9O5. The van der Waals surface area contributed by atoms with E-state index >= 15 is 0 Å². The van der Waals surface area contributed by atoms with E-state index in [1.54, 1.807) is 17.2 Å². The number of aryl methyl sites for hydroxylation is 2. The molecule has 0 unspecified atom stereocenters. The van der Waals surface area contributed by atoms with E-state index < -0.39 is 23.9 Å². The third-order valence-electron chi connectivity index (χ3n) is 8.35. The molecule has 1 saturated heterocycles. The summed E-state index contributed by atoms with van der Waals surface area (Å²) in [6.07, 6.45) is -2.32. The molecule has 0 radical (unpaired) electrons. The van der Waals surface area contributed by atoms with E-state index in [-0.39, 0.29) is 18.0 Å². The van der Waals surface area contributed by atoms with Crippen LogP contribution in [0.4, 0.5) is 60.0 Å². The van der Waals surface area contributed by atoms with E-state index in [4.69, 9.17) is 16.1 Å². The number of nitrogens with one attached hydrogen (secondary N) is 4. The number of halogens is 7. The van der Waals surface area contributed by atoms with Crippen molar-refractivity contribution in [1.29, 1.82) is 0 Å². The van der Waals surface area contributed by atoms with Crippen molar-refractivity contribution in [3.8, 4) is 0 Å². The van der Waals surface area contributed by atoms with E-state index in [9.17, 15) is 45.5 Å². The maximum Gasteiger partial charge on any atom is 0.458 e. The number of pyridine rings is 1. The molecule has 284 valence electrons. The van der Waals surface area contributed by atoms with Crippen LogP contribution in [-0.2, 0) is 22.4 Å². The molecule has 14 nitrogen and oxygen atoms in total. The lowest BCUT2D eigenvalue weighted by Gasteiger charge is -2.18. The van der Waals surface area contributed by atoms with Crippen LogP contribution < -0.4 is 21.3 Å². The molecule has 1 atom stereocenters. The third kappa shape index (κ3) is 9.41. The van der Waals surface area contributed by atoms with Gasteiger partial charge >= 0.3 is 30.0 Å². The molecule has 4 aromatic rings. The van der Waals surface area contributed by atoms with Crippen LogP contribution in [0.3, 0.4) is 0 Å². The molecule has 54 heavy (non-hydrogen) atoms. The van der Waals surface area contributed by atoms with Gasteiger partial charge in [-0.1, -0.05) is 16.8 Å². The first-order chi connectivity index (χ1) is 25.5. The van der Waals surface area contributed by atoms with Gasteiger partial charge in [0.05, 0.1) is 18.1 Å². The Hall–Kier alpha value is -5.79. The summed E-state index contributed by atoms with van der Waals surface area (Å²) in [7, 11) is 0. The Kier molecular flexibility index (Phi) is 10.7. The Morgan fingerprint density at radius 3 is 2.33 bits per heavy atom. The van der Waals surface area contributed by atoms with Crippen molar-refractivity contribution in [2.75, 3.05) is 29.0 Å². The fourth-order valence-electron chi connectivity index (χ4n) is 5.53.